The molecule has 0 atom stereocenters. The van der Waals surface area contributed by atoms with Crippen LogP contribution in [0.4, 0.5) is 0 Å². The number of ketones is 3. The van der Waals surface area contributed by atoms with Crippen molar-refractivity contribution in [1.29, 1.82) is 0 Å². The molecule has 0 unspecified atom stereocenters. The van der Waals surface area contributed by atoms with E-state index in [-0.39, 0.29) is 25.7 Å². The van der Waals surface area contributed by atoms with Gasteiger partial charge in [0.2, 0.25) is 0 Å². The summed E-state index contributed by atoms with van der Waals surface area (Å²) < 4.78 is 0. The van der Waals surface area contributed by atoms with Crippen LogP contribution in [0.25, 0.3) is 0 Å². The summed E-state index contributed by atoms with van der Waals surface area (Å²) in [7, 11) is 0. The molecular formula is C11H14O7. The fourth-order valence-corrected chi connectivity index (χ4v) is 1.17. The van der Waals surface area contributed by atoms with Gasteiger partial charge in [0.15, 0.2) is 0 Å². The maximum absolute atomic E-state index is 11.2. The standard InChI is InChI=1S/C11H14O7/c12-7(1-3-10(15)16)5-9(14)6-8(13)2-4-11(17)18/h1-6H2,(H,15,16)(H,17,18). The quantitative estimate of drug-likeness (QED) is 0.536. The monoisotopic (exact) mass is 258 g/mol. The molecule has 0 saturated carbocycles. The first-order valence-corrected chi connectivity index (χ1v) is 5.30. The highest BCUT2D eigenvalue weighted by Gasteiger charge is 2.15. The molecule has 0 aliphatic heterocycles. The zero-order valence-corrected chi connectivity index (χ0v) is 9.68. The Morgan fingerprint density at radius 2 is 0.889 bits per heavy atom. The lowest BCUT2D eigenvalue weighted by molar-refractivity contribution is -0.140. The lowest BCUT2D eigenvalue weighted by Crippen LogP contribution is -2.14. The summed E-state index contributed by atoms with van der Waals surface area (Å²) in [6, 6.07) is 0. The maximum Gasteiger partial charge on any atom is 0.303 e. The van der Waals surface area contributed by atoms with E-state index in [2.05, 4.69) is 0 Å². The van der Waals surface area contributed by atoms with E-state index in [1.807, 2.05) is 0 Å². The molecule has 0 aromatic carbocycles. The minimum Gasteiger partial charge on any atom is -0.481 e. The average Bonchev–Trinajstić information content (AvgIpc) is 2.23. The first-order chi connectivity index (χ1) is 8.31. The third kappa shape index (κ3) is 9.20. The minimum atomic E-state index is -1.13. The van der Waals surface area contributed by atoms with Crippen molar-refractivity contribution in [1.82, 2.24) is 0 Å². The summed E-state index contributed by atoms with van der Waals surface area (Å²) in [6.45, 7) is 0. The molecule has 0 aromatic rings. The molecule has 0 saturated heterocycles. The molecule has 0 aliphatic rings. The smallest absolute Gasteiger partial charge is 0.303 e. The maximum atomic E-state index is 11.2. The predicted molar refractivity (Wildman–Crippen MR) is 58.0 cm³/mol. The van der Waals surface area contributed by atoms with Crippen LogP contribution in [-0.2, 0) is 24.0 Å². The minimum absolute atomic E-state index is 0.246. The molecule has 7 heteroatoms. The predicted octanol–water partition coefficient (Wildman–Crippen LogP) is 0.203. The molecule has 18 heavy (non-hydrogen) atoms. The number of carbonyl (C=O) groups is 5. The SMILES string of the molecule is O=C(O)CCC(=O)CC(=O)CC(=O)CCC(=O)O. The van der Waals surface area contributed by atoms with Gasteiger partial charge in [-0.25, -0.2) is 0 Å². The summed E-state index contributed by atoms with van der Waals surface area (Å²) >= 11 is 0. The lowest BCUT2D eigenvalue weighted by Gasteiger charge is -1.99. The van der Waals surface area contributed by atoms with E-state index in [0.29, 0.717) is 0 Å². The zero-order chi connectivity index (χ0) is 14.1. The van der Waals surface area contributed by atoms with Crippen molar-refractivity contribution in [3.63, 3.8) is 0 Å². The normalized spacial score (nSPS) is 9.78. The summed E-state index contributed by atoms with van der Waals surface area (Å²) in [5.74, 6) is -3.94. The molecule has 0 fully saturated rings. The molecule has 0 radical (unpaired) electrons. The van der Waals surface area contributed by atoms with Gasteiger partial charge in [-0.1, -0.05) is 0 Å². The fraction of sp³-hybridized carbons (Fsp3) is 0.545. The molecule has 2 N–H and O–H groups in total. The van der Waals surface area contributed by atoms with E-state index < -0.39 is 42.1 Å². The van der Waals surface area contributed by atoms with Crippen LogP contribution < -0.4 is 0 Å². The van der Waals surface area contributed by atoms with Gasteiger partial charge < -0.3 is 10.2 Å². The number of Topliss-reactive ketones (excluding diaryl/α,β-unsaturated/α-hetero) is 3. The Morgan fingerprint density at radius 3 is 1.17 bits per heavy atom. The Balaban J connectivity index is 3.89. The number of carbonyl (C=O) groups excluding carboxylic acids is 3. The van der Waals surface area contributed by atoms with E-state index in [9.17, 15) is 24.0 Å². The van der Waals surface area contributed by atoms with Crippen molar-refractivity contribution < 1.29 is 34.2 Å². The molecule has 0 spiro atoms. The first kappa shape index (κ1) is 16.0. The molecule has 0 bridgehead atoms. The van der Waals surface area contributed by atoms with E-state index >= 15 is 0 Å². The zero-order valence-electron chi connectivity index (χ0n) is 9.68. The van der Waals surface area contributed by atoms with Gasteiger partial charge in [0.1, 0.15) is 17.3 Å². The highest BCUT2D eigenvalue weighted by molar-refractivity contribution is 6.07. The van der Waals surface area contributed by atoms with E-state index in [1.165, 1.54) is 0 Å². The van der Waals surface area contributed by atoms with Crippen molar-refractivity contribution in [3.05, 3.63) is 0 Å². The average molecular weight is 258 g/mol. The topological polar surface area (TPSA) is 126 Å². The molecule has 0 heterocycles. The Morgan fingerprint density at radius 1 is 0.556 bits per heavy atom. The Kier molecular flexibility index (Phi) is 7.18. The molecule has 7 nitrogen and oxygen atoms in total. The van der Waals surface area contributed by atoms with Crippen molar-refractivity contribution >= 4 is 29.3 Å². The molecule has 0 aromatic heterocycles. The Bertz CT molecular complexity index is 336. The van der Waals surface area contributed by atoms with E-state index in [1.54, 1.807) is 0 Å². The second kappa shape index (κ2) is 8.10. The number of rotatable bonds is 10. The van der Waals surface area contributed by atoms with Gasteiger partial charge >= 0.3 is 11.9 Å². The Labute approximate surface area is 103 Å². The fourth-order valence-electron chi connectivity index (χ4n) is 1.17. The van der Waals surface area contributed by atoms with Crippen LogP contribution in [0.5, 0.6) is 0 Å². The number of aliphatic carboxylic acids is 2. The molecule has 0 amide bonds. The lowest BCUT2D eigenvalue weighted by atomic mass is 10.0. The van der Waals surface area contributed by atoms with Crippen LogP contribution in [-0.4, -0.2) is 39.5 Å². The third-order valence-electron chi connectivity index (χ3n) is 2.02. The molecule has 100 valence electrons. The van der Waals surface area contributed by atoms with Crippen molar-refractivity contribution in [2.75, 3.05) is 0 Å². The summed E-state index contributed by atoms with van der Waals surface area (Å²) in [6.07, 6.45) is -2.15. The summed E-state index contributed by atoms with van der Waals surface area (Å²) in [4.78, 5) is 53.8. The van der Waals surface area contributed by atoms with E-state index in [4.69, 9.17) is 10.2 Å². The Hall–Kier alpha value is -2.05. The second-order valence-corrected chi connectivity index (χ2v) is 3.76. The van der Waals surface area contributed by atoms with Crippen LogP contribution in [0.15, 0.2) is 0 Å². The van der Waals surface area contributed by atoms with Gasteiger partial charge in [-0.05, 0) is 0 Å². The largest absolute Gasteiger partial charge is 0.481 e. The number of carboxylic acid groups (broad SMARTS) is 2. The third-order valence-corrected chi connectivity index (χ3v) is 2.02. The molecular weight excluding hydrogens is 244 g/mol. The second-order valence-electron chi connectivity index (χ2n) is 3.76. The van der Waals surface area contributed by atoms with Crippen LogP contribution in [0.2, 0.25) is 0 Å². The van der Waals surface area contributed by atoms with Crippen LogP contribution >= 0.6 is 0 Å². The van der Waals surface area contributed by atoms with Gasteiger partial charge in [-0.15, -0.1) is 0 Å². The van der Waals surface area contributed by atoms with Gasteiger partial charge in [0, 0.05) is 12.8 Å². The summed E-state index contributed by atoms with van der Waals surface area (Å²) in [5.41, 5.74) is 0. The van der Waals surface area contributed by atoms with Crippen molar-refractivity contribution in [3.8, 4) is 0 Å². The van der Waals surface area contributed by atoms with E-state index in [0.717, 1.165) is 0 Å². The number of carboxylic acids is 2. The molecule has 0 rings (SSSR count). The number of hydrogen-bond donors (Lipinski definition) is 2. The van der Waals surface area contributed by atoms with Crippen LogP contribution in [0, 0.1) is 0 Å². The van der Waals surface area contributed by atoms with Gasteiger partial charge in [-0.3, -0.25) is 24.0 Å². The van der Waals surface area contributed by atoms with Gasteiger partial charge in [0.25, 0.3) is 0 Å². The first-order valence-electron chi connectivity index (χ1n) is 5.30. The van der Waals surface area contributed by atoms with Crippen LogP contribution in [0.3, 0.4) is 0 Å². The highest BCUT2D eigenvalue weighted by Crippen LogP contribution is 2.02. The highest BCUT2D eigenvalue weighted by atomic mass is 16.4. The van der Waals surface area contributed by atoms with Gasteiger partial charge in [-0.2, -0.15) is 0 Å². The van der Waals surface area contributed by atoms with Crippen molar-refractivity contribution in [2.24, 2.45) is 0 Å². The van der Waals surface area contributed by atoms with Gasteiger partial charge in [0.05, 0.1) is 25.7 Å². The number of hydrogen-bond acceptors (Lipinski definition) is 5. The summed E-state index contributed by atoms with van der Waals surface area (Å²) in [5, 5.41) is 16.6. The molecule has 0 aliphatic carbocycles. The van der Waals surface area contributed by atoms with Crippen molar-refractivity contribution in [2.45, 2.75) is 38.5 Å². The van der Waals surface area contributed by atoms with Crippen LogP contribution in [0.1, 0.15) is 38.5 Å².